The second kappa shape index (κ2) is 17.5. The molecule has 2 heterocycles. The van der Waals surface area contributed by atoms with Crippen LogP contribution in [-0.4, -0.2) is 19.6 Å². The number of aromatic nitrogens is 3. The summed E-state index contributed by atoms with van der Waals surface area (Å²) in [6.45, 7) is 23.8. The fraction of sp³-hybridized carbons (Fsp3) is 0.262. The van der Waals surface area contributed by atoms with Gasteiger partial charge in [0, 0.05) is 32.6 Å². The van der Waals surface area contributed by atoms with Crippen LogP contribution in [0.1, 0.15) is 115 Å². The molecule has 0 unspecified atom stereocenters. The summed E-state index contributed by atoms with van der Waals surface area (Å²) in [5.74, 6) is 0.706. The summed E-state index contributed by atoms with van der Waals surface area (Å²) in [7, 11) is 0. The fourth-order valence-corrected chi connectivity index (χ4v) is 9.34. The highest BCUT2D eigenvalue weighted by Crippen LogP contribution is 2.47. The predicted molar refractivity (Wildman–Crippen MR) is 293 cm³/mol. The fourth-order valence-electron chi connectivity index (χ4n) is 9.34. The molecule has 0 aliphatic carbocycles. The number of pyridine rings is 1. The van der Waals surface area contributed by atoms with Crippen molar-refractivity contribution in [2.75, 3.05) is 0 Å². The SMILES string of the molecule is [2H]C([2H])([2H])c1cc(-c2ccc(C(C)(C)C)cc2)c(-n2c(-c3cc(C(C)(C)C)cc(C(C)(C)C)c3O)nc3c(-c4cc(-c5cc(-c6ccccc6)ccn5)cc(C(C)(C)C)c4)cccc32)cc1-c1ccccc1. The zero-order chi connectivity index (χ0) is 51.7. The summed E-state index contributed by atoms with van der Waals surface area (Å²) in [5.41, 5.74) is 15.3. The Bertz CT molecular complexity index is 3470. The summed E-state index contributed by atoms with van der Waals surface area (Å²) < 4.78 is 29.1. The molecule has 0 atom stereocenters. The molecule has 1 N–H and O–H groups in total. The zero-order valence-corrected chi connectivity index (χ0v) is 42.4. The standard InChI is InChI=1S/C65H67N3O/c1-41-33-53(44-27-29-48(30-28-44)62(2,3)4)58(40-52(41)43-23-18-15-19-24-43)68-57-26-20-25-51(59(57)67-61(68)54-38-50(64(8,9)10)39-55(60(54)69)65(11,12)13)46-34-47(36-49(35-46)63(5,6)7)56-37-45(31-32-66-56)42-21-16-14-17-22-42/h14-40,69H,1-13H3/i1D3. The second-order valence-electron chi connectivity index (χ2n) is 22.8. The van der Waals surface area contributed by atoms with Crippen molar-refractivity contribution in [1.29, 1.82) is 0 Å². The highest BCUT2D eigenvalue weighted by molar-refractivity contribution is 5.98. The van der Waals surface area contributed by atoms with Gasteiger partial charge >= 0.3 is 0 Å². The number of rotatable bonds is 7. The molecule has 0 aliphatic heterocycles. The van der Waals surface area contributed by atoms with E-state index in [0.29, 0.717) is 17.0 Å². The van der Waals surface area contributed by atoms with Crippen LogP contribution in [0.15, 0.2) is 164 Å². The molecule has 0 spiro atoms. The number of fused-ring (bicyclic) bond motifs is 1. The predicted octanol–water partition coefficient (Wildman–Crippen LogP) is 17.6. The average Bonchev–Trinajstić information content (AvgIpc) is 3.72. The van der Waals surface area contributed by atoms with Gasteiger partial charge in [0.2, 0.25) is 0 Å². The van der Waals surface area contributed by atoms with E-state index < -0.39 is 12.3 Å². The Morgan fingerprint density at radius 2 is 1.06 bits per heavy atom. The molecule has 4 heteroatoms. The molecule has 0 amide bonds. The van der Waals surface area contributed by atoms with Gasteiger partial charge in [-0.3, -0.25) is 9.55 Å². The molecule has 69 heavy (non-hydrogen) atoms. The molecule has 0 radical (unpaired) electrons. The normalized spacial score (nSPS) is 13.3. The number of benzene rings is 7. The molecule has 0 fully saturated rings. The molecule has 7 aromatic carbocycles. The third kappa shape index (κ3) is 9.30. The van der Waals surface area contributed by atoms with Gasteiger partial charge in [-0.25, -0.2) is 4.98 Å². The lowest BCUT2D eigenvalue weighted by molar-refractivity contribution is 0.446. The maximum Gasteiger partial charge on any atom is 0.149 e. The van der Waals surface area contributed by atoms with Gasteiger partial charge in [0.25, 0.3) is 0 Å². The molecular weight excluding hydrogens is 839 g/mol. The van der Waals surface area contributed by atoms with Crippen LogP contribution < -0.4 is 0 Å². The van der Waals surface area contributed by atoms with Crippen molar-refractivity contribution in [3.05, 3.63) is 192 Å². The van der Waals surface area contributed by atoms with Crippen LogP contribution in [-0.2, 0) is 21.7 Å². The van der Waals surface area contributed by atoms with E-state index in [9.17, 15) is 5.11 Å². The minimum Gasteiger partial charge on any atom is -0.507 e. The van der Waals surface area contributed by atoms with Crippen LogP contribution in [0.2, 0.25) is 0 Å². The van der Waals surface area contributed by atoms with Crippen LogP contribution in [0.3, 0.4) is 0 Å². The van der Waals surface area contributed by atoms with E-state index in [4.69, 9.17) is 14.1 Å². The Morgan fingerprint density at radius 1 is 0.449 bits per heavy atom. The van der Waals surface area contributed by atoms with Gasteiger partial charge in [0.15, 0.2) is 0 Å². The molecule has 9 aromatic rings. The average molecular weight is 909 g/mol. The maximum atomic E-state index is 12.8. The Kier molecular flexibility index (Phi) is 11.0. The third-order valence-electron chi connectivity index (χ3n) is 13.5. The first-order valence-electron chi connectivity index (χ1n) is 25.7. The second-order valence-corrected chi connectivity index (χ2v) is 22.8. The van der Waals surface area contributed by atoms with Gasteiger partial charge in [-0.05, 0) is 133 Å². The lowest BCUT2D eigenvalue weighted by Crippen LogP contribution is -2.17. The van der Waals surface area contributed by atoms with E-state index in [-0.39, 0.29) is 27.6 Å². The van der Waals surface area contributed by atoms with Crippen LogP contribution in [0, 0.1) is 6.85 Å². The highest BCUT2D eigenvalue weighted by Gasteiger charge is 2.30. The van der Waals surface area contributed by atoms with Gasteiger partial charge in [0.1, 0.15) is 11.6 Å². The number of hydrogen-bond donors (Lipinski definition) is 1. The molecule has 348 valence electrons. The van der Waals surface area contributed by atoms with Gasteiger partial charge in [-0.15, -0.1) is 0 Å². The highest BCUT2D eigenvalue weighted by atomic mass is 16.3. The number of phenols is 1. The topological polar surface area (TPSA) is 50.9 Å². The quantitative estimate of drug-likeness (QED) is 0.173. The molecule has 0 saturated carbocycles. The van der Waals surface area contributed by atoms with E-state index >= 15 is 0 Å². The smallest absolute Gasteiger partial charge is 0.149 e. The van der Waals surface area contributed by atoms with Crippen LogP contribution in [0.25, 0.3) is 83.9 Å². The lowest BCUT2D eigenvalue weighted by Gasteiger charge is -2.28. The number of aromatic hydroxyl groups is 1. The third-order valence-corrected chi connectivity index (χ3v) is 13.5. The first-order chi connectivity index (χ1) is 33.8. The Hall–Kier alpha value is -7.04. The van der Waals surface area contributed by atoms with E-state index in [1.165, 1.54) is 5.56 Å². The van der Waals surface area contributed by atoms with Crippen molar-refractivity contribution in [3.8, 4) is 78.6 Å². The van der Waals surface area contributed by atoms with Crippen molar-refractivity contribution in [2.45, 2.75) is 112 Å². The van der Waals surface area contributed by atoms with Crippen LogP contribution in [0.4, 0.5) is 0 Å². The number of aryl methyl sites for hydroxylation is 1. The first kappa shape index (κ1) is 43.3. The van der Waals surface area contributed by atoms with E-state index in [2.05, 4.69) is 197 Å². The Balaban J connectivity index is 1.42. The van der Waals surface area contributed by atoms with Crippen molar-refractivity contribution >= 4 is 11.0 Å². The molecule has 0 bridgehead atoms. The summed E-state index contributed by atoms with van der Waals surface area (Å²) in [5, 5.41) is 12.8. The van der Waals surface area contributed by atoms with Crippen molar-refractivity contribution in [1.82, 2.24) is 14.5 Å². The minimum atomic E-state index is -2.44. The van der Waals surface area contributed by atoms with E-state index in [1.54, 1.807) is 0 Å². The molecule has 2 aromatic heterocycles. The Labute approximate surface area is 415 Å². The van der Waals surface area contributed by atoms with E-state index in [1.807, 2.05) is 54.7 Å². The van der Waals surface area contributed by atoms with Gasteiger partial charge in [-0.2, -0.15) is 0 Å². The minimum absolute atomic E-state index is 0.0994. The largest absolute Gasteiger partial charge is 0.507 e. The molecule has 9 rings (SSSR count). The van der Waals surface area contributed by atoms with Crippen molar-refractivity contribution < 1.29 is 9.22 Å². The lowest BCUT2D eigenvalue weighted by atomic mass is 9.79. The first-order valence-corrected chi connectivity index (χ1v) is 24.2. The summed E-state index contributed by atoms with van der Waals surface area (Å²) in [4.78, 5) is 10.7. The molecular formula is C65H67N3O. The summed E-state index contributed by atoms with van der Waals surface area (Å²) >= 11 is 0. The monoisotopic (exact) mass is 909 g/mol. The number of hydrogen-bond acceptors (Lipinski definition) is 3. The van der Waals surface area contributed by atoms with Crippen molar-refractivity contribution in [2.24, 2.45) is 0 Å². The zero-order valence-electron chi connectivity index (χ0n) is 45.4. The van der Waals surface area contributed by atoms with Gasteiger partial charge in [-0.1, -0.05) is 192 Å². The summed E-state index contributed by atoms with van der Waals surface area (Å²) in [6.07, 6.45) is 1.88. The number of nitrogens with zero attached hydrogens (tertiary/aromatic N) is 3. The van der Waals surface area contributed by atoms with Crippen molar-refractivity contribution in [3.63, 3.8) is 0 Å². The van der Waals surface area contributed by atoms with Crippen LogP contribution >= 0.6 is 0 Å². The molecule has 4 nitrogen and oxygen atoms in total. The van der Waals surface area contributed by atoms with Gasteiger partial charge < -0.3 is 5.11 Å². The van der Waals surface area contributed by atoms with Crippen LogP contribution in [0.5, 0.6) is 5.75 Å². The van der Waals surface area contributed by atoms with Gasteiger partial charge in [0.05, 0.1) is 28.0 Å². The maximum absolute atomic E-state index is 12.8. The summed E-state index contributed by atoms with van der Waals surface area (Å²) in [6, 6.07) is 54.0. The number of para-hydroxylation sites is 1. The number of imidazole rings is 1. The Morgan fingerprint density at radius 3 is 1.68 bits per heavy atom. The molecule has 0 aliphatic rings. The molecule has 0 saturated heterocycles. The number of phenolic OH excluding ortho intramolecular Hbond substituents is 1. The van der Waals surface area contributed by atoms with E-state index in [0.717, 1.165) is 83.6 Å².